The molecule has 0 aliphatic carbocycles. The molecule has 0 heterocycles. The second-order valence-corrected chi connectivity index (χ2v) is 14.6. The second kappa shape index (κ2) is 4.23. The van der Waals surface area contributed by atoms with E-state index in [4.69, 9.17) is 0 Å². The van der Waals surface area contributed by atoms with Crippen molar-refractivity contribution in [2.75, 3.05) is 20.0 Å². The molecule has 0 rings (SSSR count). The molecule has 1 unspecified atom stereocenters. The molecule has 1 atom stereocenters. The monoisotopic (exact) mass is 170 g/mol. The van der Waals surface area contributed by atoms with E-state index in [0.717, 1.165) is 0 Å². The van der Waals surface area contributed by atoms with E-state index in [1.54, 1.807) is 0 Å². The van der Waals surface area contributed by atoms with Gasteiger partial charge in [0.05, 0.1) is 0 Å². The van der Waals surface area contributed by atoms with E-state index in [2.05, 4.69) is 28.5 Å². The molecular formula is C3H10P4. The van der Waals surface area contributed by atoms with Crippen molar-refractivity contribution < 1.29 is 0 Å². The third-order valence-corrected chi connectivity index (χ3v) is 15.3. The first-order valence-electron chi connectivity index (χ1n) is 1.97. The highest BCUT2D eigenvalue weighted by Gasteiger charge is 1.82. The first-order valence-corrected chi connectivity index (χ1v) is 9.64. The normalized spacial score (nSPS) is 12.9. The van der Waals surface area contributed by atoms with Gasteiger partial charge in [-0.05, 0) is 20.0 Å². The molecule has 0 N–H and O–H groups in total. The van der Waals surface area contributed by atoms with Crippen LogP contribution in [0.2, 0.25) is 0 Å². The Morgan fingerprint density at radius 1 is 1.43 bits per heavy atom. The van der Waals surface area contributed by atoms with Crippen molar-refractivity contribution in [2.24, 2.45) is 0 Å². The van der Waals surface area contributed by atoms with Crippen LogP contribution in [0.1, 0.15) is 0 Å². The van der Waals surface area contributed by atoms with Gasteiger partial charge < -0.3 is 0 Å². The highest BCUT2D eigenvalue weighted by atomic mass is 32.4. The van der Waals surface area contributed by atoms with Crippen LogP contribution in [0.15, 0.2) is 0 Å². The van der Waals surface area contributed by atoms with E-state index in [9.17, 15) is 0 Å². The molecule has 0 saturated heterocycles. The van der Waals surface area contributed by atoms with Gasteiger partial charge in [0.25, 0.3) is 0 Å². The molecule has 4 heteroatoms. The van der Waals surface area contributed by atoms with Crippen LogP contribution in [0.3, 0.4) is 0 Å². The predicted octanol–water partition coefficient (Wildman–Crippen LogP) is 3.67. The van der Waals surface area contributed by atoms with Crippen molar-refractivity contribution in [3.8, 4) is 0 Å². The molecule has 0 nitrogen and oxygen atoms in total. The van der Waals surface area contributed by atoms with Gasteiger partial charge in [0.1, 0.15) is 0 Å². The summed E-state index contributed by atoms with van der Waals surface area (Å²) in [5.74, 6) is 0. The maximum atomic E-state index is 3.67. The van der Waals surface area contributed by atoms with Crippen molar-refractivity contribution in [1.29, 1.82) is 0 Å². The number of rotatable bonds is 1. The van der Waals surface area contributed by atoms with Crippen molar-refractivity contribution in [1.82, 2.24) is 0 Å². The Morgan fingerprint density at radius 3 is 1.86 bits per heavy atom. The zero-order valence-electron chi connectivity index (χ0n) is 4.84. The van der Waals surface area contributed by atoms with Crippen LogP contribution in [0.25, 0.3) is 0 Å². The van der Waals surface area contributed by atoms with Gasteiger partial charge in [0, 0.05) is 0 Å². The lowest BCUT2D eigenvalue weighted by atomic mass is 11.9. The standard InChI is InChI=1S/C3H10P4/c1-5-7(4)6(2)3/h4H,1-3H3. The zero-order valence-corrected chi connectivity index (χ0v) is 8.52. The minimum absolute atomic E-state index is 0.205. The number of hydrogen-bond donors (Lipinski definition) is 0. The molecule has 7 heavy (non-hydrogen) atoms. The molecule has 0 aliphatic rings. The average molecular weight is 170 g/mol. The topological polar surface area (TPSA) is 0 Å². The molecule has 0 spiro atoms. The van der Waals surface area contributed by atoms with Crippen LogP contribution in [-0.4, -0.2) is 20.0 Å². The Bertz CT molecular complexity index is 108. The smallest absolute Gasteiger partial charge is 0.0180 e. The first kappa shape index (κ1) is 8.33. The molecule has 0 aliphatic heterocycles. The van der Waals surface area contributed by atoms with Crippen LogP contribution >= 0.6 is 30.2 Å². The lowest BCUT2D eigenvalue weighted by Crippen LogP contribution is -1.40. The van der Waals surface area contributed by atoms with E-state index in [1.165, 1.54) is 7.87 Å². The van der Waals surface area contributed by atoms with Crippen LogP contribution in [0, 0.1) is 0 Å². The average Bonchev–Trinajstić information content (AvgIpc) is 1.65. The summed E-state index contributed by atoms with van der Waals surface area (Å²) >= 11 is 0. The quantitative estimate of drug-likeness (QED) is 0.526. The summed E-state index contributed by atoms with van der Waals surface area (Å²) in [6.45, 7) is 6.83. The fourth-order valence-electron chi connectivity index (χ4n) is 0.179. The van der Waals surface area contributed by atoms with Crippen molar-refractivity contribution in [3.63, 3.8) is 0 Å². The number of hydrogen-bond acceptors (Lipinski definition) is 0. The molecule has 42 valence electrons. The fraction of sp³-hybridized carbons (Fsp3) is 1.00. The maximum absolute atomic E-state index is 3.67. The Balaban J connectivity index is 3.83. The highest BCUT2D eigenvalue weighted by Crippen LogP contribution is 2.56. The highest BCUT2D eigenvalue weighted by molar-refractivity contribution is 8.46. The van der Waals surface area contributed by atoms with Gasteiger partial charge in [-0.15, -0.1) is 0 Å². The third kappa shape index (κ3) is 3.88. The van der Waals surface area contributed by atoms with Gasteiger partial charge in [-0.1, -0.05) is 30.2 Å². The first-order chi connectivity index (χ1) is 3.18. The maximum Gasteiger partial charge on any atom is -0.0180 e. The summed E-state index contributed by atoms with van der Waals surface area (Å²) in [5, 5.41) is 0. The van der Waals surface area contributed by atoms with Gasteiger partial charge in [-0.2, -0.15) is 0 Å². The van der Waals surface area contributed by atoms with Gasteiger partial charge >= 0.3 is 0 Å². The van der Waals surface area contributed by atoms with Crippen molar-refractivity contribution in [3.05, 3.63) is 0 Å². The van der Waals surface area contributed by atoms with E-state index in [1.807, 2.05) is 0 Å². The second-order valence-electron chi connectivity index (χ2n) is 1.34. The summed E-state index contributed by atoms with van der Waals surface area (Å²) in [5.41, 5.74) is 0. The molecular weight excluding hydrogens is 160 g/mol. The minimum Gasteiger partial charge on any atom is -0.0892 e. The van der Waals surface area contributed by atoms with Crippen LogP contribution in [-0.2, 0) is 0 Å². The fourth-order valence-corrected chi connectivity index (χ4v) is 4.83. The van der Waals surface area contributed by atoms with Gasteiger partial charge in [0.2, 0.25) is 0 Å². The van der Waals surface area contributed by atoms with Crippen LogP contribution in [0.5, 0.6) is 0 Å². The molecule has 0 aromatic heterocycles. The van der Waals surface area contributed by atoms with Crippen molar-refractivity contribution in [2.45, 2.75) is 0 Å². The Labute approximate surface area is 50.8 Å². The van der Waals surface area contributed by atoms with Crippen LogP contribution < -0.4 is 0 Å². The predicted molar refractivity (Wildman–Crippen MR) is 46.8 cm³/mol. The van der Waals surface area contributed by atoms with Crippen molar-refractivity contribution >= 4 is 30.2 Å². The zero-order chi connectivity index (χ0) is 5.86. The van der Waals surface area contributed by atoms with Gasteiger partial charge in [-0.3, -0.25) is 0 Å². The molecule has 0 aromatic carbocycles. The Morgan fingerprint density at radius 2 is 1.86 bits per heavy atom. The van der Waals surface area contributed by atoms with E-state index in [0.29, 0.717) is 7.61 Å². The Kier molecular flexibility index (Phi) is 5.04. The summed E-state index contributed by atoms with van der Waals surface area (Å²) < 4.78 is 0. The molecule has 0 radical (unpaired) electrons. The third-order valence-electron chi connectivity index (χ3n) is 0.568. The van der Waals surface area contributed by atoms with E-state index in [-0.39, 0.29) is 6.18 Å². The lowest BCUT2D eigenvalue weighted by molar-refractivity contribution is 2.30. The molecule has 0 aromatic rings. The summed E-state index contributed by atoms with van der Waals surface area (Å²) in [7, 11) is 5.50. The van der Waals surface area contributed by atoms with E-state index >= 15 is 0 Å². The van der Waals surface area contributed by atoms with Gasteiger partial charge in [-0.25, -0.2) is 0 Å². The molecule has 0 fully saturated rings. The van der Waals surface area contributed by atoms with E-state index < -0.39 is 0 Å². The Hall–Kier alpha value is 1.33. The summed E-state index contributed by atoms with van der Waals surface area (Å²) in [6.07, 6.45) is 0.205. The summed E-state index contributed by atoms with van der Waals surface area (Å²) in [4.78, 5) is 0. The SMILES string of the molecule is CP=P(=P)P(C)C. The molecule has 0 saturated carbocycles. The van der Waals surface area contributed by atoms with Gasteiger partial charge in [0.15, 0.2) is 0 Å². The molecule has 0 amide bonds. The van der Waals surface area contributed by atoms with Crippen LogP contribution in [0.4, 0.5) is 0 Å². The molecule has 0 bridgehead atoms. The lowest BCUT2D eigenvalue weighted by Gasteiger charge is -1.93. The summed E-state index contributed by atoms with van der Waals surface area (Å²) in [6, 6.07) is 0. The largest absolute Gasteiger partial charge is 0.0892 e. The minimum atomic E-state index is 0.205.